The van der Waals surface area contributed by atoms with Gasteiger partial charge in [0.05, 0.1) is 6.04 Å². The van der Waals surface area contributed by atoms with Crippen LogP contribution in [0.3, 0.4) is 0 Å². The zero-order valence-electron chi connectivity index (χ0n) is 47.1. The quantitative estimate of drug-likeness (QED) is 0.101. The molecule has 0 amide bonds. The van der Waals surface area contributed by atoms with Crippen LogP contribution in [0.1, 0.15) is 93.4 Å². The molecule has 0 spiro atoms. The Labute approximate surface area is 476 Å². The largest absolute Gasteiger partial charge is 0.334 e. The number of hydrogen-bond donors (Lipinski definition) is 0. The van der Waals surface area contributed by atoms with Gasteiger partial charge in [-0.1, -0.05) is 151 Å². The van der Waals surface area contributed by atoms with Crippen LogP contribution in [-0.4, -0.2) is 6.04 Å². The molecule has 0 aliphatic heterocycles. The first-order chi connectivity index (χ1) is 39.3. The molecule has 0 saturated heterocycles. The number of hydrogen-bond acceptors (Lipinski definition) is 4. The summed E-state index contributed by atoms with van der Waals surface area (Å²) < 4.78 is 0. The first kappa shape index (κ1) is 52.1. The summed E-state index contributed by atoms with van der Waals surface area (Å²) in [5.74, 6) is 0.566. The van der Waals surface area contributed by atoms with Gasteiger partial charge in [0.1, 0.15) is 0 Å². The zero-order valence-corrected chi connectivity index (χ0v) is 47.1. The van der Waals surface area contributed by atoms with Gasteiger partial charge < -0.3 is 19.6 Å². The van der Waals surface area contributed by atoms with Crippen molar-refractivity contribution < 1.29 is 0 Å². The normalized spacial score (nSPS) is 17.9. The summed E-state index contributed by atoms with van der Waals surface area (Å²) in [5.41, 5.74) is 25.8. The van der Waals surface area contributed by atoms with E-state index in [-0.39, 0.29) is 6.04 Å². The molecule has 2 atom stereocenters. The third kappa shape index (κ3) is 11.6. The predicted molar refractivity (Wildman–Crippen MR) is 341 cm³/mol. The zero-order chi connectivity index (χ0) is 54.4. The molecular formula is C76H74N4. The fraction of sp³-hybridized carbons (Fsp3) is 0.211. The summed E-state index contributed by atoms with van der Waals surface area (Å²) >= 11 is 0. The lowest BCUT2D eigenvalue weighted by molar-refractivity contribution is 0.514. The number of benzene rings is 7. The van der Waals surface area contributed by atoms with E-state index in [1.54, 1.807) is 5.57 Å². The number of aryl methyl sites for hydroxylation is 3. The molecule has 0 saturated carbocycles. The second-order valence-electron chi connectivity index (χ2n) is 22.5. The molecule has 0 heterocycles. The van der Waals surface area contributed by atoms with E-state index in [9.17, 15) is 0 Å². The Morgan fingerprint density at radius 2 is 0.938 bits per heavy atom. The number of para-hydroxylation sites is 1. The summed E-state index contributed by atoms with van der Waals surface area (Å²) in [5, 5.41) is 0. The summed E-state index contributed by atoms with van der Waals surface area (Å²) in [7, 11) is 0. The van der Waals surface area contributed by atoms with Crippen molar-refractivity contribution in [3.63, 3.8) is 0 Å². The van der Waals surface area contributed by atoms with Gasteiger partial charge >= 0.3 is 0 Å². The number of rotatable bonds is 15. The molecule has 7 aromatic rings. The van der Waals surface area contributed by atoms with E-state index in [0.29, 0.717) is 5.92 Å². The molecule has 0 radical (unpaired) electrons. The Morgan fingerprint density at radius 3 is 1.51 bits per heavy atom. The highest BCUT2D eigenvalue weighted by Gasteiger charge is 2.27. The van der Waals surface area contributed by atoms with Crippen molar-refractivity contribution in [1.29, 1.82) is 0 Å². The molecule has 12 rings (SSSR count). The minimum absolute atomic E-state index is 0.273. The highest BCUT2D eigenvalue weighted by Crippen LogP contribution is 2.43. The van der Waals surface area contributed by atoms with E-state index in [0.717, 1.165) is 57.8 Å². The second-order valence-corrected chi connectivity index (χ2v) is 22.5. The summed E-state index contributed by atoms with van der Waals surface area (Å²) in [4.78, 5) is 9.97. The molecule has 0 N–H and O–H groups in total. The second kappa shape index (κ2) is 23.8. The summed E-state index contributed by atoms with van der Waals surface area (Å²) in [6.07, 6.45) is 36.3. The Kier molecular flexibility index (Phi) is 15.5. The highest BCUT2D eigenvalue weighted by atomic mass is 15.2. The molecule has 5 aliphatic rings. The van der Waals surface area contributed by atoms with Crippen LogP contribution in [0, 0.1) is 26.7 Å². The van der Waals surface area contributed by atoms with E-state index < -0.39 is 0 Å². The fourth-order valence-electron chi connectivity index (χ4n) is 12.7. The van der Waals surface area contributed by atoms with E-state index >= 15 is 0 Å². The van der Waals surface area contributed by atoms with Crippen molar-refractivity contribution in [2.75, 3.05) is 19.6 Å². The van der Waals surface area contributed by atoms with Crippen molar-refractivity contribution in [2.45, 2.75) is 97.9 Å². The van der Waals surface area contributed by atoms with Crippen LogP contribution in [0.2, 0.25) is 0 Å². The molecule has 7 aromatic carbocycles. The van der Waals surface area contributed by atoms with Crippen molar-refractivity contribution in [3.05, 3.63) is 299 Å². The van der Waals surface area contributed by atoms with E-state index in [4.69, 9.17) is 0 Å². The molecule has 5 aliphatic carbocycles. The van der Waals surface area contributed by atoms with Gasteiger partial charge in [0.2, 0.25) is 0 Å². The standard InChI is InChI=1S/C76H74N4/c1-55-15-11-23-73(51-55)79(74-24-12-16-56(2)52-74)71-47-35-63(36-48-71)61-31-43-69(44-32-61)77(65-19-7-5-8-20-65)67-39-27-59(28-40-67)60-29-41-68(42-30-60)78(66-21-9-6-10-22-66)70-45-33-62(34-46-70)64-37-49-72(50-38-64)80(75-25-13-17-57(3)53-75)76-26-14-18-58(4)54-76/h5-9,11-21,23,25-31,33,35-36,39-43,45,47-49,51-54,64,74H,10,22,24,32,34,37-38,44,46,50H2,1-4H3. The van der Waals surface area contributed by atoms with Crippen molar-refractivity contribution in [3.8, 4) is 11.1 Å². The Hall–Kier alpha value is -8.60. The molecule has 0 fully saturated rings. The summed E-state index contributed by atoms with van der Waals surface area (Å²) in [6, 6.07) is 65.6. The lowest BCUT2D eigenvalue weighted by atomic mass is 9.81. The van der Waals surface area contributed by atoms with E-state index in [2.05, 4.69) is 290 Å². The molecule has 398 valence electrons. The molecule has 0 bridgehead atoms. The predicted octanol–water partition coefficient (Wildman–Crippen LogP) is 20.8. The van der Waals surface area contributed by atoms with Gasteiger partial charge in [-0.25, -0.2) is 0 Å². The SMILES string of the molecule is CC1=CC(N(c2ccc(C3=CC=C(N(c4ccccc4)c4ccc(-c5ccc(N(C6=CC=CCC6)C6=CC=C(C7CC=C(N(c8cccc(C)c8)c8cccc(C)c8)CC7)CC6)cc5)cc4)CC3)cc2)c2cccc(C)c2)CC=C1. The maximum Gasteiger partial charge on any atom is 0.0562 e. The number of anilines is 7. The first-order valence-corrected chi connectivity index (χ1v) is 29.2. The topological polar surface area (TPSA) is 13.0 Å². The third-order valence-electron chi connectivity index (χ3n) is 16.8. The van der Waals surface area contributed by atoms with Gasteiger partial charge in [0, 0.05) is 62.6 Å². The van der Waals surface area contributed by atoms with Crippen molar-refractivity contribution >= 4 is 45.4 Å². The van der Waals surface area contributed by atoms with Crippen molar-refractivity contribution in [1.82, 2.24) is 0 Å². The van der Waals surface area contributed by atoms with Gasteiger partial charge in [-0.15, -0.1) is 0 Å². The molecular weight excluding hydrogens is 969 g/mol. The summed E-state index contributed by atoms with van der Waals surface area (Å²) in [6.45, 7) is 8.76. The van der Waals surface area contributed by atoms with Gasteiger partial charge in [-0.3, -0.25) is 0 Å². The maximum absolute atomic E-state index is 2.55. The van der Waals surface area contributed by atoms with E-state index in [1.807, 2.05) is 0 Å². The van der Waals surface area contributed by atoms with Crippen LogP contribution in [0.5, 0.6) is 0 Å². The van der Waals surface area contributed by atoms with E-state index in [1.165, 1.54) is 114 Å². The number of allylic oxidation sites excluding steroid dienone is 16. The Bertz CT molecular complexity index is 3610. The lowest BCUT2D eigenvalue weighted by Gasteiger charge is -2.35. The molecule has 80 heavy (non-hydrogen) atoms. The first-order valence-electron chi connectivity index (χ1n) is 29.2. The maximum atomic E-state index is 2.55. The van der Waals surface area contributed by atoms with Crippen molar-refractivity contribution in [2.24, 2.45) is 5.92 Å². The molecule has 2 unspecified atom stereocenters. The van der Waals surface area contributed by atoms with Gasteiger partial charge in [-0.05, 0) is 240 Å². The molecule has 4 heteroatoms. The number of nitrogens with zero attached hydrogens (tertiary/aromatic N) is 4. The Balaban J connectivity index is 0.753. The van der Waals surface area contributed by atoms with Crippen LogP contribution in [0.15, 0.2) is 277 Å². The lowest BCUT2D eigenvalue weighted by Crippen LogP contribution is -2.30. The van der Waals surface area contributed by atoms with Crippen LogP contribution in [-0.2, 0) is 0 Å². The van der Waals surface area contributed by atoms with Crippen LogP contribution < -0.4 is 19.6 Å². The minimum Gasteiger partial charge on any atom is -0.334 e. The highest BCUT2D eigenvalue weighted by molar-refractivity contribution is 5.78. The smallest absolute Gasteiger partial charge is 0.0562 e. The fourth-order valence-corrected chi connectivity index (χ4v) is 12.7. The third-order valence-corrected chi connectivity index (χ3v) is 16.8. The van der Waals surface area contributed by atoms with Crippen LogP contribution in [0.25, 0.3) is 16.7 Å². The molecule has 0 aromatic heterocycles. The van der Waals surface area contributed by atoms with Crippen LogP contribution >= 0.6 is 0 Å². The monoisotopic (exact) mass is 1040 g/mol. The minimum atomic E-state index is 0.273. The van der Waals surface area contributed by atoms with Gasteiger partial charge in [0.15, 0.2) is 0 Å². The average molecular weight is 1040 g/mol. The van der Waals surface area contributed by atoms with Gasteiger partial charge in [-0.2, -0.15) is 0 Å². The van der Waals surface area contributed by atoms with Crippen LogP contribution in [0.4, 0.5) is 39.8 Å². The Morgan fingerprint density at radius 1 is 0.388 bits per heavy atom. The average Bonchev–Trinajstić information content (AvgIpc) is 3.62. The van der Waals surface area contributed by atoms with Gasteiger partial charge in [0.25, 0.3) is 0 Å². The molecule has 4 nitrogen and oxygen atoms in total.